The number of carbonyl (C=O) groups is 4. The Kier molecular flexibility index (Phi) is 10.9. The van der Waals surface area contributed by atoms with Crippen LogP contribution in [0.15, 0.2) is 97.1 Å². The van der Waals surface area contributed by atoms with Crippen molar-refractivity contribution in [2.24, 2.45) is 0 Å². The van der Waals surface area contributed by atoms with E-state index in [0.717, 1.165) is 17.7 Å². The summed E-state index contributed by atoms with van der Waals surface area (Å²) in [4.78, 5) is 52.5. The molecule has 0 unspecified atom stereocenters. The minimum Gasteiger partial charge on any atom is -0.448 e. The fourth-order valence-electron chi connectivity index (χ4n) is 5.00. The molecule has 0 spiro atoms. The molecule has 2 heterocycles. The van der Waals surface area contributed by atoms with Gasteiger partial charge in [-0.3, -0.25) is 14.5 Å². The van der Waals surface area contributed by atoms with E-state index in [9.17, 15) is 32.3 Å². The van der Waals surface area contributed by atoms with Gasteiger partial charge in [0.1, 0.15) is 25.0 Å². The molecule has 3 atom stereocenters. The number of carbonyl (C=O) groups excluding carboxylic acids is 4. The Balaban J connectivity index is 0.000000657. The molecule has 2 saturated heterocycles. The van der Waals surface area contributed by atoms with Crippen molar-refractivity contribution in [3.8, 4) is 0 Å². The minimum atomic E-state index is -4.53. The molecule has 44 heavy (non-hydrogen) atoms. The smallest absolute Gasteiger partial charge is 0.416 e. The van der Waals surface area contributed by atoms with E-state index in [-0.39, 0.29) is 38.1 Å². The molecule has 0 radical (unpaired) electrons. The second kappa shape index (κ2) is 15.0. The zero-order chi connectivity index (χ0) is 31.5. The number of nitrogens with one attached hydrogen (secondary N) is 1. The summed E-state index contributed by atoms with van der Waals surface area (Å²) in [5.41, 5.74) is 0.231. The molecule has 0 bridgehead atoms. The molecule has 3 amide bonds. The largest absolute Gasteiger partial charge is 0.448 e. The molecule has 3 aromatic carbocycles. The average molecular weight is 608 g/mol. The van der Waals surface area contributed by atoms with Crippen molar-refractivity contribution in [1.82, 2.24) is 15.1 Å². The van der Waals surface area contributed by atoms with Crippen LogP contribution in [0.3, 0.4) is 0 Å². The lowest BCUT2D eigenvalue weighted by Crippen LogP contribution is -2.74. The van der Waals surface area contributed by atoms with Gasteiger partial charge in [0.25, 0.3) is 0 Å². The molecule has 2 fully saturated rings. The lowest BCUT2D eigenvalue weighted by molar-refractivity contribution is -0.162. The van der Waals surface area contributed by atoms with Gasteiger partial charge in [-0.1, -0.05) is 91.0 Å². The van der Waals surface area contributed by atoms with Crippen LogP contribution in [0.4, 0.5) is 18.0 Å². The van der Waals surface area contributed by atoms with Gasteiger partial charge in [-0.25, -0.2) is 4.79 Å². The van der Waals surface area contributed by atoms with E-state index in [1.54, 1.807) is 12.2 Å². The van der Waals surface area contributed by atoms with Gasteiger partial charge in [0.15, 0.2) is 0 Å². The van der Waals surface area contributed by atoms with Crippen molar-refractivity contribution < 1.29 is 37.1 Å². The zero-order valence-corrected chi connectivity index (χ0v) is 23.7. The predicted molar refractivity (Wildman–Crippen MR) is 157 cm³/mol. The van der Waals surface area contributed by atoms with Crippen molar-refractivity contribution in [2.75, 3.05) is 13.2 Å². The zero-order valence-electron chi connectivity index (χ0n) is 23.7. The topological polar surface area (TPSA) is 96.0 Å². The third-order valence-corrected chi connectivity index (χ3v) is 7.15. The molecule has 230 valence electrons. The normalized spacial score (nSPS) is 18.6. The second-order valence-electron chi connectivity index (χ2n) is 10.1. The second-order valence-corrected chi connectivity index (χ2v) is 10.1. The van der Waals surface area contributed by atoms with Gasteiger partial charge in [-0.15, -0.1) is 0 Å². The van der Waals surface area contributed by atoms with Crippen LogP contribution in [0.2, 0.25) is 0 Å². The van der Waals surface area contributed by atoms with Crippen LogP contribution in [-0.4, -0.2) is 65.3 Å². The van der Waals surface area contributed by atoms with Crippen molar-refractivity contribution in [2.45, 2.75) is 43.7 Å². The molecule has 2 aliphatic heterocycles. The fourth-order valence-corrected chi connectivity index (χ4v) is 5.00. The highest BCUT2D eigenvalue weighted by Gasteiger charge is 2.55. The summed E-state index contributed by atoms with van der Waals surface area (Å²) in [5.74, 6) is -1.09. The maximum atomic E-state index is 13.3. The number of hydrogen-bond acceptors (Lipinski definition) is 5. The number of benzene rings is 3. The van der Waals surface area contributed by atoms with Gasteiger partial charge in [0.2, 0.25) is 11.8 Å². The molecule has 0 aliphatic carbocycles. The fraction of sp³-hybridized carbons (Fsp3) is 0.273. The Labute approximate surface area is 253 Å². The predicted octanol–water partition coefficient (Wildman–Crippen LogP) is 5.10. The van der Waals surface area contributed by atoms with Crippen molar-refractivity contribution in [3.63, 3.8) is 0 Å². The number of rotatable bonds is 10. The number of nitrogens with zero attached hydrogens (tertiary/aromatic N) is 2. The Morgan fingerprint density at radius 3 is 2.23 bits per heavy atom. The number of ether oxygens (including phenoxy) is 1. The summed E-state index contributed by atoms with van der Waals surface area (Å²) >= 11 is 0. The molecule has 0 saturated carbocycles. The van der Waals surface area contributed by atoms with Crippen molar-refractivity contribution in [3.05, 3.63) is 114 Å². The van der Waals surface area contributed by atoms with Crippen LogP contribution in [0.5, 0.6) is 0 Å². The molecule has 11 heteroatoms. The first kappa shape index (κ1) is 32.0. The van der Waals surface area contributed by atoms with Crippen LogP contribution in [0, 0.1) is 0 Å². The molecule has 8 nitrogen and oxygen atoms in total. The van der Waals surface area contributed by atoms with E-state index in [2.05, 4.69) is 5.32 Å². The van der Waals surface area contributed by atoms with E-state index >= 15 is 0 Å². The number of likely N-dealkylation sites (tertiary alicyclic amines) is 1. The van der Waals surface area contributed by atoms with Crippen molar-refractivity contribution in [1.29, 1.82) is 0 Å². The summed E-state index contributed by atoms with van der Waals surface area (Å²) in [6, 6.07) is 23.2. The van der Waals surface area contributed by atoms with Crippen LogP contribution < -0.4 is 5.32 Å². The van der Waals surface area contributed by atoms with E-state index < -0.39 is 47.8 Å². The first-order valence-corrected chi connectivity index (χ1v) is 14.1. The van der Waals surface area contributed by atoms with E-state index in [0.29, 0.717) is 6.29 Å². The quantitative estimate of drug-likeness (QED) is 0.256. The molecular weight excluding hydrogens is 575 g/mol. The van der Waals surface area contributed by atoms with Gasteiger partial charge in [-0.05, 0) is 29.7 Å². The summed E-state index contributed by atoms with van der Waals surface area (Å²) in [7, 11) is 0. The average Bonchev–Trinajstić information content (AvgIpc) is 3.45. The maximum Gasteiger partial charge on any atom is 0.416 e. The van der Waals surface area contributed by atoms with Gasteiger partial charge in [-0.2, -0.15) is 13.2 Å². The molecule has 1 N–H and O–H groups in total. The molecule has 5 rings (SSSR count). The van der Waals surface area contributed by atoms with Crippen LogP contribution in [0.25, 0.3) is 6.08 Å². The van der Waals surface area contributed by atoms with E-state index in [4.69, 9.17) is 4.74 Å². The first-order valence-electron chi connectivity index (χ1n) is 14.1. The van der Waals surface area contributed by atoms with Gasteiger partial charge in [0.05, 0.1) is 18.2 Å². The summed E-state index contributed by atoms with van der Waals surface area (Å²) in [6.45, 7) is 0.165. The third kappa shape index (κ3) is 8.12. The number of cyclic esters (lactones) is 1. The third-order valence-electron chi connectivity index (χ3n) is 7.15. The molecular formula is C33H32F3N3O5. The van der Waals surface area contributed by atoms with Gasteiger partial charge >= 0.3 is 12.3 Å². The maximum absolute atomic E-state index is 13.3. The number of halogens is 3. The molecule has 3 aromatic rings. The number of hydrogen-bond donors (Lipinski definition) is 1. The number of amides is 3. The minimum absolute atomic E-state index is 0.0104. The monoisotopic (exact) mass is 607 g/mol. The van der Waals surface area contributed by atoms with Crippen molar-refractivity contribution >= 4 is 30.3 Å². The lowest BCUT2D eigenvalue weighted by Gasteiger charge is -2.51. The first-order chi connectivity index (χ1) is 21.2. The molecule has 2 aliphatic rings. The van der Waals surface area contributed by atoms with Crippen LogP contribution in [0.1, 0.15) is 29.5 Å². The van der Waals surface area contributed by atoms with Crippen LogP contribution in [-0.2, 0) is 31.8 Å². The highest BCUT2D eigenvalue weighted by Crippen LogP contribution is 2.33. The van der Waals surface area contributed by atoms with Crippen LogP contribution >= 0.6 is 0 Å². The Hall–Kier alpha value is -4.93. The standard InChI is InChI=1S/C27H26F3N3O5.C6H6/c28-27(29,30)20-9-4-8-19(16-20)17-31-24(35)22(10-5-14-34)33-21(12-11-18-6-2-1-3-7-18)23(25(33)36)32-13-15-38-26(32)37;1-2-4-6-5-3-1/h1-4,6-9,11-12,14,16,21-23H,5,10,13,15,17H2,(H,31,35);1-6H/b12-11+;/t21-,22-,23+;/m1./s1. The Bertz CT molecular complexity index is 1420. The van der Waals surface area contributed by atoms with Gasteiger partial charge < -0.3 is 19.7 Å². The van der Waals surface area contributed by atoms with E-state index in [1.807, 2.05) is 66.7 Å². The highest BCUT2D eigenvalue weighted by atomic mass is 19.4. The molecule has 0 aromatic heterocycles. The Morgan fingerprint density at radius 2 is 1.64 bits per heavy atom. The number of aldehydes is 1. The van der Waals surface area contributed by atoms with Gasteiger partial charge in [0, 0.05) is 13.0 Å². The van der Waals surface area contributed by atoms with E-state index in [1.165, 1.54) is 21.9 Å². The summed E-state index contributed by atoms with van der Waals surface area (Å²) in [6.07, 6.45) is -1.04. The lowest BCUT2D eigenvalue weighted by atomic mass is 9.88. The Morgan fingerprint density at radius 1 is 0.977 bits per heavy atom. The highest BCUT2D eigenvalue weighted by molar-refractivity contribution is 5.98. The number of alkyl halides is 3. The summed E-state index contributed by atoms with van der Waals surface area (Å²) in [5, 5.41) is 2.60. The number of β-lactam (4-membered cyclic amide) rings is 1. The summed E-state index contributed by atoms with van der Waals surface area (Å²) < 4.78 is 44.2. The SMILES string of the molecule is O=CCC[C@H](C(=O)NCc1cccc(C(F)(F)F)c1)N1C(=O)[C@@H](N2CCOC2=O)[C@H]1/C=C/c1ccccc1.c1ccccc1.